The summed E-state index contributed by atoms with van der Waals surface area (Å²) in [5.74, 6) is -13.1. The molecule has 2 aromatic carbocycles. The average Bonchev–Trinajstić information content (AvgIpc) is 2.92. The van der Waals surface area contributed by atoms with Gasteiger partial charge in [0.25, 0.3) is 6.08 Å². The first-order chi connectivity index (χ1) is 21.5. The number of halogens is 20. The van der Waals surface area contributed by atoms with E-state index in [4.69, 9.17) is 21.0 Å². The maximum atomic E-state index is 14.3. The van der Waals surface area contributed by atoms with Crippen molar-refractivity contribution in [2.75, 3.05) is 0 Å². The fourth-order valence-electron chi connectivity index (χ4n) is 2.91. The zero-order valence-corrected chi connectivity index (χ0v) is 30.4. The van der Waals surface area contributed by atoms with Gasteiger partial charge in [0.2, 0.25) is 11.3 Å². The summed E-state index contributed by atoms with van der Waals surface area (Å²) in [4.78, 5) is 0. The first-order valence-corrected chi connectivity index (χ1v) is 10.9. The van der Waals surface area contributed by atoms with E-state index in [1.165, 1.54) is 0 Å². The number of rotatable bonds is 2. The average molecular weight is 878 g/mol. The molecule has 50 heavy (non-hydrogen) atoms. The Hall–Kier alpha value is -3.21. The molecule has 4 nitrogen and oxygen atoms in total. The zero-order valence-electron chi connectivity index (χ0n) is 24.1. The van der Waals surface area contributed by atoms with E-state index in [0.29, 0.717) is 0 Å². The number of nitrogens with zero attached hydrogens (tertiary/aromatic N) is 4. The van der Waals surface area contributed by atoms with E-state index in [9.17, 15) is 83.4 Å². The predicted molar refractivity (Wildman–Crippen MR) is 119 cm³/mol. The van der Waals surface area contributed by atoms with Gasteiger partial charge in [-0.15, -0.1) is 0 Å². The molecule has 0 aliphatic carbocycles. The predicted octanol–water partition coefficient (Wildman–Crippen LogP) is 3.77. The molecule has 2 unspecified atom stereocenters. The molecular formula is C25H9CsF20N4. The zero-order chi connectivity index (χ0) is 38.9. The minimum atomic E-state index is -6.10. The van der Waals surface area contributed by atoms with Gasteiger partial charge in [-0.1, -0.05) is 0 Å². The fraction of sp³-hybridized carbons (Fsp3) is 0.280. The first-order valence-electron chi connectivity index (χ1n) is 10.9. The Kier molecular flexibility index (Phi) is 22.1. The van der Waals surface area contributed by atoms with Crippen LogP contribution in [0.5, 0.6) is 0 Å². The molecule has 0 aliphatic rings. The van der Waals surface area contributed by atoms with Crippen LogP contribution in [0.2, 0.25) is 0 Å². The number of benzene rings is 2. The van der Waals surface area contributed by atoms with Crippen LogP contribution in [0.1, 0.15) is 47.2 Å². The van der Waals surface area contributed by atoms with Gasteiger partial charge >= 0.3 is 87.9 Å². The minimum Gasteiger partial charge on any atom is -1.00 e. The van der Waals surface area contributed by atoms with Crippen LogP contribution < -0.4 is 73.6 Å². The van der Waals surface area contributed by atoms with E-state index >= 15 is 0 Å². The van der Waals surface area contributed by atoms with Gasteiger partial charge < -0.3 is 4.70 Å². The third kappa shape index (κ3) is 12.5. The smallest absolute Gasteiger partial charge is 1.00 e. The summed E-state index contributed by atoms with van der Waals surface area (Å²) in [6.07, 6.45) is -14.0. The van der Waals surface area contributed by atoms with Crippen molar-refractivity contribution in [1.82, 2.24) is 0 Å². The molecule has 0 N–H and O–H groups in total. The van der Waals surface area contributed by atoms with E-state index in [1.807, 2.05) is 0 Å². The van der Waals surface area contributed by atoms with Gasteiger partial charge in [0.15, 0.2) is 23.3 Å². The van der Waals surface area contributed by atoms with E-state index in [0.717, 1.165) is 24.3 Å². The standard InChI is InChI=1S/C14H6F10N2.C8F4N2.C2H2F2.CHF3.Cs.FH/c1-11(17,13(19,20)21)7-8(12(2,18)14(22,23)24)10(16)6(4-26)5(3-25)9(7)15;9-5-3(1-13)4(2-14)6(10)8(12)7(5)11;1-2(3)4;2-1(3)4;;/h1-2H3;;1H2;1H;;1H/q;;;;+1;/p-1. The largest absolute Gasteiger partial charge is 1.00 e. The molecule has 0 saturated carbocycles. The van der Waals surface area contributed by atoms with Crippen molar-refractivity contribution in [1.29, 1.82) is 21.0 Å². The van der Waals surface area contributed by atoms with Gasteiger partial charge in [0.05, 0.1) is 0 Å². The van der Waals surface area contributed by atoms with Crippen molar-refractivity contribution in [3.05, 3.63) is 80.9 Å². The van der Waals surface area contributed by atoms with Gasteiger partial charge in [-0.3, -0.25) is 0 Å². The van der Waals surface area contributed by atoms with Crippen molar-refractivity contribution in [3.63, 3.8) is 0 Å². The summed E-state index contributed by atoms with van der Waals surface area (Å²) >= 11 is 0. The third-order valence-electron chi connectivity index (χ3n) is 5.10. The Labute approximate surface area is 324 Å². The molecule has 2 aromatic rings. The Bertz CT molecular complexity index is 1570. The van der Waals surface area contributed by atoms with Crippen LogP contribution in [-0.4, -0.2) is 19.0 Å². The Morgan fingerprint density at radius 3 is 0.820 bits per heavy atom. The third-order valence-corrected chi connectivity index (χ3v) is 5.10. The summed E-state index contributed by atoms with van der Waals surface area (Å²) in [6, 6.07) is 3.68. The summed E-state index contributed by atoms with van der Waals surface area (Å²) in [7, 11) is 0. The molecule has 0 aromatic heterocycles. The number of alkyl halides is 11. The molecule has 0 saturated heterocycles. The molecule has 270 valence electrons. The molecule has 0 bridgehead atoms. The van der Waals surface area contributed by atoms with E-state index in [-0.39, 0.29) is 73.6 Å². The topological polar surface area (TPSA) is 95.2 Å². The van der Waals surface area contributed by atoms with Gasteiger partial charge in [0, 0.05) is 11.1 Å². The Morgan fingerprint density at radius 2 is 0.680 bits per heavy atom. The maximum Gasteiger partial charge on any atom is 1.00 e. The fourth-order valence-corrected chi connectivity index (χ4v) is 2.91. The SMILES string of the molecule is C=C(F)F.CC(F)(c1c(F)c(C#N)c(C#N)c(F)c1C(C)(F)C(F)(F)F)C(F)(F)F.FC(F)F.N#Cc1c(F)c(F)c(F)c(F)c1C#N.[Cs+].[F-]. The van der Waals surface area contributed by atoms with Gasteiger partial charge in [-0.25, -0.2) is 35.1 Å². The normalized spacial score (nSPS) is 12.7. The van der Waals surface area contributed by atoms with Crippen LogP contribution in [-0.2, 0) is 11.3 Å². The second-order valence-electron chi connectivity index (χ2n) is 8.17. The van der Waals surface area contributed by atoms with Gasteiger partial charge in [-0.05, 0) is 20.4 Å². The van der Waals surface area contributed by atoms with E-state index in [2.05, 4.69) is 6.58 Å². The van der Waals surface area contributed by atoms with Crippen molar-refractivity contribution < 1.29 is 157 Å². The first kappa shape index (κ1) is 53.6. The van der Waals surface area contributed by atoms with E-state index < -0.39 is 119 Å². The Balaban J connectivity index is -0.000000369. The van der Waals surface area contributed by atoms with Gasteiger partial charge in [-0.2, -0.15) is 69.3 Å². The van der Waals surface area contributed by atoms with Crippen molar-refractivity contribution in [2.45, 2.75) is 44.2 Å². The second-order valence-corrected chi connectivity index (χ2v) is 8.17. The molecule has 0 fully saturated rings. The summed E-state index contributed by atoms with van der Waals surface area (Å²) < 4.78 is 234. The number of nitriles is 4. The summed E-state index contributed by atoms with van der Waals surface area (Å²) in [6.45, 7) is -2.37. The Morgan fingerprint density at radius 1 is 0.520 bits per heavy atom. The monoisotopic (exact) mass is 878 g/mol. The summed E-state index contributed by atoms with van der Waals surface area (Å²) in [5, 5.41) is 33.9. The van der Waals surface area contributed by atoms with Crippen LogP contribution in [0.4, 0.5) is 83.4 Å². The van der Waals surface area contributed by atoms with Crippen LogP contribution in [0, 0.1) is 80.2 Å². The van der Waals surface area contributed by atoms with Crippen LogP contribution in [0.15, 0.2) is 12.7 Å². The molecule has 2 rings (SSSR count). The van der Waals surface area contributed by atoms with Crippen LogP contribution >= 0.6 is 0 Å². The van der Waals surface area contributed by atoms with Crippen LogP contribution in [0.3, 0.4) is 0 Å². The molecule has 0 heterocycles. The van der Waals surface area contributed by atoms with Gasteiger partial charge in [0.1, 0.15) is 58.2 Å². The molecule has 0 amide bonds. The van der Waals surface area contributed by atoms with Crippen molar-refractivity contribution >= 4 is 0 Å². The number of hydrogen-bond donors (Lipinski definition) is 0. The molecule has 2 atom stereocenters. The maximum absolute atomic E-state index is 14.3. The van der Waals surface area contributed by atoms with E-state index in [1.54, 1.807) is 0 Å². The second kappa shape index (κ2) is 20.6. The quantitative estimate of drug-likeness (QED) is 0.261. The van der Waals surface area contributed by atoms with Crippen molar-refractivity contribution in [3.8, 4) is 24.3 Å². The molecule has 0 aliphatic heterocycles. The number of hydrogen-bond acceptors (Lipinski definition) is 4. The summed E-state index contributed by atoms with van der Waals surface area (Å²) in [5.41, 5.74) is -21.2. The minimum absolute atomic E-state index is 0. The molecule has 25 heteroatoms. The molecule has 0 radical (unpaired) electrons. The van der Waals surface area contributed by atoms with Crippen LogP contribution in [0.25, 0.3) is 0 Å². The molecular weight excluding hydrogens is 869 g/mol. The molecule has 0 spiro atoms. The van der Waals surface area contributed by atoms with Crippen molar-refractivity contribution in [2.24, 2.45) is 0 Å².